The zero-order valence-electron chi connectivity index (χ0n) is 7.44. The molecule has 0 N–H and O–H groups in total. The Morgan fingerprint density at radius 1 is 1.29 bits per heavy atom. The Bertz CT molecular complexity index is 300. The largest absolute Gasteiger partial charge is 0.207 e. The summed E-state index contributed by atoms with van der Waals surface area (Å²) in [4.78, 5) is 0. The fourth-order valence-electron chi connectivity index (χ4n) is 1.15. The third kappa shape index (κ3) is 3.41. The van der Waals surface area contributed by atoms with Crippen LogP contribution in [0.2, 0.25) is 0 Å². The number of hydrogen-bond acceptors (Lipinski definition) is 0. The molecule has 0 saturated heterocycles. The van der Waals surface area contributed by atoms with Gasteiger partial charge in [-0.05, 0) is 30.0 Å². The Hall–Kier alpha value is 0.210. The van der Waals surface area contributed by atoms with Crippen LogP contribution in [0, 0.1) is 11.7 Å². The summed E-state index contributed by atoms with van der Waals surface area (Å²) >= 11 is 14.8. The Morgan fingerprint density at radius 2 is 1.93 bits per heavy atom. The molecule has 1 aromatic rings. The van der Waals surface area contributed by atoms with Gasteiger partial charge in [-0.3, -0.25) is 0 Å². The highest BCUT2D eigenvalue weighted by Gasteiger charge is 2.09. The maximum absolute atomic E-state index is 12.8. The monoisotopic (exact) mass is 298 g/mol. The molecule has 0 bridgehead atoms. The first-order chi connectivity index (χ1) is 6.67. The quantitative estimate of drug-likeness (QED) is 0.730. The summed E-state index contributed by atoms with van der Waals surface area (Å²) in [5, 5.41) is 0. The first kappa shape index (κ1) is 12.3. The molecule has 0 spiro atoms. The first-order valence-corrected chi connectivity index (χ1v) is 6.09. The standard InChI is InChI=1S/C10H10BrCl2F/c11-10-4-9(14)2-1-8(10)3-7(5-12)6-13/h1-2,4,7H,3,5-6H2. The lowest BCUT2D eigenvalue weighted by molar-refractivity contribution is 0.621. The summed E-state index contributed by atoms with van der Waals surface area (Å²) in [7, 11) is 0. The SMILES string of the molecule is Fc1ccc(CC(CCl)CCl)c(Br)c1. The minimum atomic E-state index is -0.242. The lowest BCUT2D eigenvalue weighted by Crippen LogP contribution is -2.08. The normalized spacial score (nSPS) is 10.9. The van der Waals surface area contributed by atoms with Gasteiger partial charge in [0.2, 0.25) is 0 Å². The topological polar surface area (TPSA) is 0 Å². The van der Waals surface area contributed by atoms with E-state index < -0.39 is 0 Å². The number of rotatable bonds is 4. The van der Waals surface area contributed by atoms with Crippen molar-refractivity contribution >= 4 is 39.1 Å². The zero-order chi connectivity index (χ0) is 10.6. The summed E-state index contributed by atoms with van der Waals surface area (Å²) in [6.45, 7) is 0. The Morgan fingerprint density at radius 3 is 2.43 bits per heavy atom. The van der Waals surface area contributed by atoms with Gasteiger partial charge >= 0.3 is 0 Å². The molecule has 14 heavy (non-hydrogen) atoms. The highest BCUT2D eigenvalue weighted by Crippen LogP contribution is 2.22. The molecule has 0 atom stereocenters. The third-order valence-electron chi connectivity index (χ3n) is 1.96. The van der Waals surface area contributed by atoms with E-state index in [4.69, 9.17) is 23.2 Å². The lowest BCUT2D eigenvalue weighted by atomic mass is 10.0. The number of hydrogen-bond donors (Lipinski definition) is 0. The van der Waals surface area contributed by atoms with Crippen LogP contribution in [0.25, 0.3) is 0 Å². The van der Waals surface area contributed by atoms with Crippen LogP contribution in [-0.2, 0) is 6.42 Å². The van der Waals surface area contributed by atoms with Crippen molar-refractivity contribution in [1.82, 2.24) is 0 Å². The van der Waals surface area contributed by atoms with Gasteiger partial charge in [0, 0.05) is 16.2 Å². The fourth-order valence-corrected chi connectivity index (χ4v) is 2.21. The average molecular weight is 300 g/mol. The smallest absolute Gasteiger partial charge is 0.124 e. The number of halogens is 4. The molecule has 78 valence electrons. The molecule has 0 heterocycles. The van der Waals surface area contributed by atoms with E-state index in [2.05, 4.69) is 15.9 Å². The fraction of sp³-hybridized carbons (Fsp3) is 0.400. The van der Waals surface area contributed by atoms with Gasteiger partial charge in [0.05, 0.1) is 0 Å². The Balaban J connectivity index is 2.76. The minimum absolute atomic E-state index is 0.236. The van der Waals surface area contributed by atoms with Crippen LogP contribution in [0.15, 0.2) is 22.7 Å². The second-order valence-electron chi connectivity index (χ2n) is 3.11. The summed E-state index contributed by atoms with van der Waals surface area (Å²) < 4.78 is 13.5. The molecule has 0 amide bonds. The van der Waals surface area contributed by atoms with Gasteiger partial charge in [-0.25, -0.2) is 4.39 Å². The maximum Gasteiger partial charge on any atom is 0.124 e. The van der Waals surface area contributed by atoms with Crippen molar-refractivity contribution < 1.29 is 4.39 Å². The molecule has 0 fully saturated rings. The molecule has 0 aliphatic heterocycles. The second-order valence-corrected chi connectivity index (χ2v) is 4.59. The first-order valence-electron chi connectivity index (χ1n) is 4.23. The highest BCUT2D eigenvalue weighted by molar-refractivity contribution is 9.10. The van der Waals surface area contributed by atoms with Crippen LogP contribution in [0.4, 0.5) is 4.39 Å². The molecule has 0 aromatic heterocycles. The van der Waals surface area contributed by atoms with Crippen molar-refractivity contribution in [2.75, 3.05) is 11.8 Å². The number of alkyl halides is 2. The van der Waals surface area contributed by atoms with E-state index in [1.165, 1.54) is 12.1 Å². The molecule has 0 nitrogen and oxygen atoms in total. The van der Waals surface area contributed by atoms with Gasteiger partial charge in [0.15, 0.2) is 0 Å². The van der Waals surface area contributed by atoms with Crippen molar-refractivity contribution in [3.05, 3.63) is 34.1 Å². The van der Waals surface area contributed by atoms with Crippen LogP contribution >= 0.6 is 39.1 Å². The van der Waals surface area contributed by atoms with E-state index in [1.54, 1.807) is 6.07 Å². The molecule has 0 saturated carbocycles. The van der Waals surface area contributed by atoms with Gasteiger partial charge in [-0.15, -0.1) is 23.2 Å². The maximum atomic E-state index is 12.8. The van der Waals surface area contributed by atoms with Crippen molar-refractivity contribution in [3.63, 3.8) is 0 Å². The molecule has 0 aliphatic carbocycles. The zero-order valence-corrected chi connectivity index (χ0v) is 10.5. The van der Waals surface area contributed by atoms with Crippen molar-refractivity contribution in [1.29, 1.82) is 0 Å². The summed E-state index contributed by atoms with van der Waals surface area (Å²) in [6.07, 6.45) is 0.772. The molecule has 4 heteroatoms. The van der Waals surface area contributed by atoms with E-state index >= 15 is 0 Å². The van der Waals surface area contributed by atoms with E-state index in [0.29, 0.717) is 11.8 Å². The molecule has 0 unspecified atom stereocenters. The van der Waals surface area contributed by atoms with Crippen LogP contribution < -0.4 is 0 Å². The lowest BCUT2D eigenvalue weighted by Gasteiger charge is -2.11. The predicted octanol–water partition coefficient (Wildman–Crippen LogP) is 4.22. The molecule has 1 rings (SSSR count). The van der Waals surface area contributed by atoms with Crippen LogP contribution in [0.1, 0.15) is 5.56 Å². The highest BCUT2D eigenvalue weighted by atomic mass is 79.9. The summed E-state index contributed by atoms with van der Waals surface area (Å²) in [5.74, 6) is 1.04. The number of benzene rings is 1. The van der Waals surface area contributed by atoms with Crippen LogP contribution in [-0.4, -0.2) is 11.8 Å². The molecular formula is C10H10BrCl2F. The van der Waals surface area contributed by atoms with Crippen LogP contribution in [0.3, 0.4) is 0 Å². The van der Waals surface area contributed by atoms with Crippen LogP contribution in [0.5, 0.6) is 0 Å². The van der Waals surface area contributed by atoms with Gasteiger partial charge in [0.1, 0.15) is 5.82 Å². The second kappa shape index (κ2) is 5.94. The third-order valence-corrected chi connectivity index (χ3v) is 3.57. The van der Waals surface area contributed by atoms with Gasteiger partial charge < -0.3 is 0 Å². The predicted molar refractivity (Wildman–Crippen MR) is 62.7 cm³/mol. The van der Waals surface area contributed by atoms with E-state index in [-0.39, 0.29) is 11.7 Å². The molecule has 0 radical (unpaired) electrons. The molecular weight excluding hydrogens is 290 g/mol. The van der Waals surface area contributed by atoms with Crippen molar-refractivity contribution in [2.24, 2.45) is 5.92 Å². The average Bonchev–Trinajstić information content (AvgIpc) is 2.17. The minimum Gasteiger partial charge on any atom is -0.207 e. The van der Waals surface area contributed by atoms with Gasteiger partial charge in [0.25, 0.3) is 0 Å². The molecule has 1 aromatic carbocycles. The van der Waals surface area contributed by atoms with Gasteiger partial charge in [-0.2, -0.15) is 0 Å². The van der Waals surface area contributed by atoms with E-state index in [9.17, 15) is 4.39 Å². The van der Waals surface area contributed by atoms with E-state index in [0.717, 1.165) is 16.5 Å². The Kier molecular flexibility index (Phi) is 5.21. The van der Waals surface area contributed by atoms with Gasteiger partial charge in [-0.1, -0.05) is 22.0 Å². The summed E-state index contributed by atoms with van der Waals surface area (Å²) in [6, 6.07) is 4.65. The molecule has 0 aliphatic rings. The van der Waals surface area contributed by atoms with Crippen molar-refractivity contribution in [3.8, 4) is 0 Å². The van der Waals surface area contributed by atoms with Crippen molar-refractivity contribution in [2.45, 2.75) is 6.42 Å². The summed E-state index contributed by atoms with van der Waals surface area (Å²) in [5.41, 5.74) is 1.04. The Labute approximate surface area is 102 Å². The van der Waals surface area contributed by atoms with E-state index in [1.807, 2.05) is 0 Å².